The van der Waals surface area contributed by atoms with Crippen molar-refractivity contribution in [3.8, 4) is 0 Å². The average molecular weight is 191 g/mol. The van der Waals surface area contributed by atoms with Crippen LogP contribution < -0.4 is 5.32 Å². The minimum atomic E-state index is 0.823. The van der Waals surface area contributed by atoms with Crippen molar-refractivity contribution in [2.45, 2.75) is 26.2 Å². The number of aliphatic imine (C=N–C) groups is 1. The van der Waals surface area contributed by atoms with E-state index in [0.717, 1.165) is 18.1 Å². The molecule has 0 bridgehead atoms. The Morgan fingerprint density at radius 1 is 1.50 bits per heavy atom. The summed E-state index contributed by atoms with van der Waals surface area (Å²) in [6, 6.07) is 3.77. The van der Waals surface area contributed by atoms with E-state index in [9.17, 15) is 0 Å². The number of anilines is 1. The van der Waals surface area contributed by atoms with Gasteiger partial charge in [0, 0.05) is 12.7 Å². The van der Waals surface area contributed by atoms with Crippen LogP contribution in [0.25, 0.3) is 0 Å². The van der Waals surface area contributed by atoms with Crippen molar-refractivity contribution in [1.29, 1.82) is 0 Å². The monoisotopic (exact) mass is 191 g/mol. The fraction of sp³-hybridized carbons (Fsp3) is 0.455. The van der Waals surface area contributed by atoms with Gasteiger partial charge in [0.2, 0.25) is 0 Å². The van der Waals surface area contributed by atoms with E-state index in [1.807, 2.05) is 12.1 Å². The molecule has 1 N–H and O–H groups in total. The Bertz CT molecular complexity index is 284. The van der Waals surface area contributed by atoms with Crippen molar-refractivity contribution < 1.29 is 0 Å². The van der Waals surface area contributed by atoms with E-state index in [2.05, 4.69) is 28.9 Å². The zero-order valence-corrected chi connectivity index (χ0v) is 8.66. The number of rotatable bonds is 6. The van der Waals surface area contributed by atoms with Crippen LogP contribution in [0.2, 0.25) is 0 Å². The van der Waals surface area contributed by atoms with Crippen LogP contribution in [0.15, 0.2) is 23.3 Å². The van der Waals surface area contributed by atoms with Crippen LogP contribution in [-0.4, -0.2) is 18.2 Å². The number of nitrogens with one attached hydrogen (secondary N) is 1. The Morgan fingerprint density at radius 3 is 3.07 bits per heavy atom. The lowest BCUT2D eigenvalue weighted by Gasteiger charge is -2.06. The first-order valence-corrected chi connectivity index (χ1v) is 5.04. The van der Waals surface area contributed by atoms with Gasteiger partial charge in [-0.15, -0.1) is 0 Å². The van der Waals surface area contributed by atoms with E-state index < -0.39 is 0 Å². The molecular weight excluding hydrogens is 174 g/mol. The van der Waals surface area contributed by atoms with Crippen LogP contribution in [0.3, 0.4) is 0 Å². The fourth-order valence-electron chi connectivity index (χ4n) is 1.24. The fourth-order valence-corrected chi connectivity index (χ4v) is 1.24. The number of hydrogen-bond acceptors (Lipinski definition) is 3. The van der Waals surface area contributed by atoms with E-state index in [4.69, 9.17) is 0 Å². The van der Waals surface area contributed by atoms with Gasteiger partial charge in [0.25, 0.3) is 0 Å². The highest BCUT2D eigenvalue weighted by Crippen LogP contribution is 2.20. The first-order chi connectivity index (χ1) is 6.88. The second-order valence-corrected chi connectivity index (χ2v) is 3.16. The summed E-state index contributed by atoms with van der Waals surface area (Å²) in [5.74, 6) is 0.832. The van der Waals surface area contributed by atoms with Gasteiger partial charge in [-0.2, -0.15) is 0 Å². The van der Waals surface area contributed by atoms with Gasteiger partial charge in [0.05, 0.1) is 0 Å². The Kier molecular flexibility index (Phi) is 4.69. The molecule has 0 unspecified atom stereocenters. The molecule has 3 heteroatoms. The third-order valence-corrected chi connectivity index (χ3v) is 2.03. The smallest absolute Gasteiger partial charge is 0.151 e. The maximum absolute atomic E-state index is 4.20. The molecule has 0 amide bonds. The molecule has 3 nitrogen and oxygen atoms in total. The predicted octanol–water partition coefficient (Wildman–Crippen LogP) is 3.02. The minimum absolute atomic E-state index is 0.823. The molecule has 0 atom stereocenters. The van der Waals surface area contributed by atoms with Crippen molar-refractivity contribution in [1.82, 2.24) is 4.98 Å². The molecule has 1 rings (SSSR count). The van der Waals surface area contributed by atoms with Gasteiger partial charge in [0.1, 0.15) is 5.69 Å². The van der Waals surface area contributed by atoms with E-state index in [1.54, 1.807) is 6.20 Å². The molecule has 0 aliphatic rings. The molecule has 0 fully saturated rings. The van der Waals surface area contributed by atoms with Crippen LogP contribution in [0.1, 0.15) is 26.2 Å². The Balaban J connectivity index is 2.45. The Hall–Kier alpha value is -1.38. The van der Waals surface area contributed by atoms with Gasteiger partial charge in [-0.3, -0.25) is 4.99 Å². The van der Waals surface area contributed by atoms with Gasteiger partial charge >= 0.3 is 0 Å². The summed E-state index contributed by atoms with van der Waals surface area (Å²) in [5, 5.41) is 3.25. The largest absolute Gasteiger partial charge is 0.368 e. The quantitative estimate of drug-likeness (QED) is 0.554. The molecule has 0 saturated heterocycles. The average Bonchev–Trinajstić information content (AvgIpc) is 2.25. The molecule has 0 spiro atoms. The van der Waals surface area contributed by atoms with Crippen molar-refractivity contribution >= 4 is 18.2 Å². The second-order valence-electron chi connectivity index (χ2n) is 3.16. The standard InChI is InChI=1S/C11H17N3/c1-3-4-5-8-13-11-10(12-2)7-6-9-14-11/h6-7,9H,2-5,8H2,1H3,(H,13,14). The predicted molar refractivity (Wildman–Crippen MR) is 61.5 cm³/mol. The van der Waals surface area contributed by atoms with Crippen molar-refractivity contribution in [3.05, 3.63) is 18.3 Å². The lowest BCUT2D eigenvalue weighted by Crippen LogP contribution is -2.02. The van der Waals surface area contributed by atoms with Crippen LogP contribution in [0.5, 0.6) is 0 Å². The number of aromatic nitrogens is 1. The molecule has 1 aromatic heterocycles. The van der Waals surface area contributed by atoms with Gasteiger partial charge < -0.3 is 5.32 Å². The van der Waals surface area contributed by atoms with E-state index in [1.165, 1.54) is 19.3 Å². The number of pyridine rings is 1. The first-order valence-electron chi connectivity index (χ1n) is 5.04. The number of nitrogens with zero attached hydrogens (tertiary/aromatic N) is 2. The minimum Gasteiger partial charge on any atom is -0.368 e. The maximum Gasteiger partial charge on any atom is 0.151 e. The van der Waals surface area contributed by atoms with Gasteiger partial charge in [-0.1, -0.05) is 19.8 Å². The summed E-state index contributed by atoms with van der Waals surface area (Å²) in [4.78, 5) is 8.10. The SMILES string of the molecule is C=Nc1cccnc1NCCCCC. The van der Waals surface area contributed by atoms with Gasteiger partial charge in [-0.25, -0.2) is 4.98 Å². The molecule has 0 aliphatic heterocycles. The molecule has 0 aliphatic carbocycles. The van der Waals surface area contributed by atoms with Gasteiger partial charge in [-0.05, 0) is 25.3 Å². The summed E-state index contributed by atoms with van der Waals surface area (Å²) in [5.41, 5.74) is 0.823. The molecule has 0 radical (unpaired) electrons. The van der Waals surface area contributed by atoms with E-state index in [0.29, 0.717) is 0 Å². The zero-order valence-electron chi connectivity index (χ0n) is 8.66. The lowest BCUT2D eigenvalue weighted by atomic mass is 10.2. The topological polar surface area (TPSA) is 37.3 Å². The normalized spacial score (nSPS) is 9.79. The molecule has 14 heavy (non-hydrogen) atoms. The Morgan fingerprint density at radius 2 is 2.36 bits per heavy atom. The van der Waals surface area contributed by atoms with Crippen LogP contribution >= 0.6 is 0 Å². The zero-order chi connectivity index (χ0) is 10.2. The number of unbranched alkanes of at least 4 members (excludes halogenated alkanes) is 2. The summed E-state index contributed by atoms with van der Waals surface area (Å²) in [7, 11) is 0. The highest BCUT2D eigenvalue weighted by Gasteiger charge is 1.98. The van der Waals surface area contributed by atoms with E-state index >= 15 is 0 Å². The van der Waals surface area contributed by atoms with Crippen molar-refractivity contribution in [3.63, 3.8) is 0 Å². The Labute approximate surface area is 85.3 Å². The molecular formula is C11H17N3. The lowest BCUT2D eigenvalue weighted by molar-refractivity contribution is 0.742. The third kappa shape index (κ3) is 3.17. The molecule has 0 aromatic carbocycles. The molecule has 1 heterocycles. The van der Waals surface area contributed by atoms with Crippen LogP contribution in [0, 0.1) is 0 Å². The highest BCUT2D eigenvalue weighted by atomic mass is 15.0. The summed E-state index contributed by atoms with van der Waals surface area (Å²) in [6.07, 6.45) is 5.41. The van der Waals surface area contributed by atoms with Gasteiger partial charge in [0.15, 0.2) is 5.82 Å². The van der Waals surface area contributed by atoms with Crippen molar-refractivity contribution in [2.75, 3.05) is 11.9 Å². The van der Waals surface area contributed by atoms with Crippen molar-refractivity contribution in [2.24, 2.45) is 4.99 Å². The summed E-state index contributed by atoms with van der Waals surface area (Å²) >= 11 is 0. The first kappa shape index (κ1) is 10.7. The number of hydrogen-bond donors (Lipinski definition) is 1. The van der Waals surface area contributed by atoms with E-state index in [-0.39, 0.29) is 0 Å². The molecule has 1 aromatic rings. The van der Waals surface area contributed by atoms with Crippen LogP contribution in [0.4, 0.5) is 11.5 Å². The summed E-state index contributed by atoms with van der Waals surface area (Å²) in [6.45, 7) is 6.65. The maximum atomic E-state index is 4.20. The summed E-state index contributed by atoms with van der Waals surface area (Å²) < 4.78 is 0. The molecule has 0 saturated carbocycles. The molecule has 76 valence electrons. The van der Waals surface area contributed by atoms with Crippen LogP contribution in [-0.2, 0) is 0 Å². The highest BCUT2D eigenvalue weighted by molar-refractivity contribution is 5.62. The third-order valence-electron chi connectivity index (χ3n) is 2.03. The second kappa shape index (κ2) is 6.13.